The van der Waals surface area contributed by atoms with Gasteiger partial charge in [0.2, 0.25) is 0 Å². The molecule has 1 N–H and O–H groups in total. The van der Waals surface area contributed by atoms with Crippen LogP contribution in [0.3, 0.4) is 0 Å². The molecule has 3 rings (SSSR count). The lowest BCUT2D eigenvalue weighted by atomic mass is 9.94. The van der Waals surface area contributed by atoms with Crippen molar-refractivity contribution >= 4 is 29.1 Å². The minimum absolute atomic E-state index is 0.0536. The third-order valence-corrected chi connectivity index (χ3v) is 5.74. The predicted octanol–water partition coefficient (Wildman–Crippen LogP) is 3.82. The summed E-state index contributed by atoms with van der Waals surface area (Å²) in [4.78, 5) is 27.5. The molecule has 1 aliphatic rings. The fourth-order valence-electron chi connectivity index (χ4n) is 3.81. The monoisotopic (exact) mass is 475 g/mol. The summed E-state index contributed by atoms with van der Waals surface area (Å²) in [7, 11) is 5.99. The fraction of sp³-hybridized carbons (Fsp3) is 0.333. The van der Waals surface area contributed by atoms with Crippen molar-refractivity contribution in [2.24, 2.45) is 0 Å². The Bertz CT molecular complexity index is 1070. The summed E-state index contributed by atoms with van der Waals surface area (Å²) in [5.74, 6) is -0.667. The van der Waals surface area contributed by atoms with Crippen molar-refractivity contribution in [2.75, 3.05) is 41.6 Å². The Labute approximate surface area is 197 Å². The number of hydrogen-bond donors (Lipinski definition) is 1. The lowest BCUT2D eigenvalue weighted by molar-refractivity contribution is -0.140. The number of carbonyl (C=O) groups is 2. The first-order chi connectivity index (χ1) is 15.9. The van der Waals surface area contributed by atoms with Crippen LogP contribution in [0.1, 0.15) is 23.6 Å². The van der Waals surface area contributed by atoms with Crippen molar-refractivity contribution in [3.8, 4) is 17.2 Å². The van der Waals surface area contributed by atoms with Gasteiger partial charge in [-0.15, -0.1) is 0 Å². The smallest absolute Gasteiger partial charge is 0.295 e. The summed E-state index contributed by atoms with van der Waals surface area (Å²) in [5, 5.41) is 11.5. The van der Waals surface area contributed by atoms with Gasteiger partial charge < -0.3 is 29.0 Å². The fourth-order valence-corrected chi connectivity index (χ4v) is 4.05. The molecule has 1 aliphatic heterocycles. The number of aliphatic hydroxyl groups is 1. The van der Waals surface area contributed by atoms with E-state index in [1.165, 1.54) is 31.3 Å². The summed E-state index contributed by atoms with van der Waals surface area (Å²) in [6, 6.07) is 9.12. The van der Waals surface area contributed by atoms with Gasteiger partial charge in [0.15, 0.2) is 0 Å². The molecule has 9 heteroatoms. The molecular weight excluding hydrogens is 450 g/mol. The minimum Gasteiger partial charge on any atom is -0.507 e. The number of benzene rings is 2. The highest BCUT2D eigenvalue weighted by molar-refractivity contribution is 6.46. The highest BCUT2D eigenvalue weighted by Crippen LogP contribution is 2.43. The first-order valence-corrected chi connectivity index (χ1v) is 10.6. The topological polar surface area (TPSA) is 94.5 Å². The molecule has 0 radical (unpaired) electrons. The zero-order chi connectivity index (χ0) is 24.1. The second kappa shape index (κ2) is 10.6. The largest absolute Gasteiger partial charge is 0.507 e. The van der Waals surface area contributed by atoms with Gasteiger partial charge in [-0.3, -0.25) is 9.59 Å². The number of aliphatic hydroxyl groups excluding tert-OH is 1. The summed E-state index contributed by atoms with van der Waals surface area (Å²) in [6.45, 7) is 0.687. The quantitative estimate of drug-likeness (QED) is 0.255. The summed E-state index contributed by atoms with van der Waals surface area (Å²) >= 11 is 6.27. The van der Waals surface area contributed by atoms with E-state index in [1.54, 1.807) is 38.5 Å². The van der Waals surface area contributed by atoms with E-state index in [0.29, 0.717) is 30.1 Å². The molecule has 0 bridgehead atoms. The van der Waals surface area contributed by atoms with Crippen LogP contribution in [0.25, 0.3) is 5.76 Å². The Kier molecular flexibility index (Phi) is 7.84. The number of rotatable bonds is 9. The Morgan fingerprint density at radius 2 is 1.67 bits per heavy atom. The van der Waals surface area contributed by atoms with Crippen molar-refractivity contribution < 1.29 is 33.6 Å². The van der Waals surface area contributed by atoms with Gasteiger partial charge in [-0.1, -0.05) is 23.7 Å². The van der Waals surface area contributed by atoms with E-state index in [0.717, 1.165) is 0 Å². The van der Waals surface area contributed by atoms with Crippen LogP contribution >= 0.6 is 11.6 Å². The van der Waals surface area contributed by atoms with Gasteiger partial charge in [-0.2, -0.15) is 0 Å². The molecule has 1 atom stereocenters. The molecule has 0 aromatic heterocycles. The molecular formula is C24H26ClNO7. The van der Waals surface area contributed by atoms with Crippen LogP contribution in [0, 0.1) is 0 Å². The number of ether oxygens (including phenoxy) is 4. The van der Waals surface area contributed by atoms with Crippen LogP contribution < -0.4 is 14.2 Å². The number of methoxy groups -OCH3 is 4. The first-order valence-electron chi connectivity index (χ1n) is 10.2. The Morgan fingerprint density at radius 1 is 1.00 bits per heavy atom. The number of hydrogen-bond acceptors (Lipinski definition) is 7. The molecule has 1 amide bonds. The molecule has 1 fully saturated rings. The van der Waals surface area contributed by atoms with Crippen molar-refractivity contribution in [2.45, 2.75) is 12.5 Å². The normalized spacial score (nSPS) is 17.4. The van der Waals surface area contributed by atoms with Crippen LogP contribution in [0.15, 0.2) is 42.0 Å². The molecule has 33 heavy (non-hydrogen) atoms. The SMILES string of the molecule is COCCCN1C(=O)C(=O)/C(=C(/O)c2cc(Cl)c(OC)cc2OC)C1c1ccc(OC)cc1. The maximum atomic E-state index is 13.1. The van der Waals surface area contributed by atoms with Crippen molar-refractivity contribution in [3.05, 3.63) is 58.1 Å². The Hall–Kier alpha value is -3.23. The van der Waals surface area contributed by atoms with Gasteiger partial charge in [0.25, 0.3) is 11.7 Å². The first kappa shape index (κ1) is 24.4. The molecule has 1 saturated heterocycles. The molecule has 2 aromatic rings. The Morgan fingerprint density at radius 3 is 2.24 bits per heavy atom. The van der Waals surface area contributed by atoms with Gasteiger partial charge >= 0.3 is 0 Å². The van der Waals surface area contributed by atoms with Gasteiger partial charge in [0, 0.05) is 26.3 Å². The molecule has 1 unspecified atom stereocenters. The number of halogens is 1. The van der Waals surface area contributed by atoms with E-state index in [-0.39, 0.29) is 34.2 Å². The second-order valence-corrected chi connectivity index (χ2v) is 7.71. The highest BCUT2D eigenvalue weighted by Gasteiger charge is 2.46. The van der Waals surface area contributed by atoms with Gasteiger partial charge in [-0.05, 0) is 30.2 Å². The van der Waals surface area contributed by atoms with Crippen LogP contribution in [0.2, 0.25) is 5.02 Å². The molecule has 2 aromatic carbocycles. The van der Waals surface area contributed by atoms with Crippen LogP contribution in [0.5, 0.6) is 17.2 Å². The number of amides is 1. The Balaban J connectivity index is 2.19. The van der Waals surface area contributed by atoms with Crippen LogP contribution in [-0.4, -0.2) is 63.3 Å². The zero-order valence-corrected chi connectivity index (χ0v) is 19.6. The van der Waals surface area contributed by atoms with Crippen molar-refractivity contribution in [1.29, 1.82) is 0 Å². The molecule has 1 heterocycles. The molecule has 0 spiro atoms. The zero-order valence-electron chi connectivity index (χ0n) is 18.9. The maximum absolute atomic E-state index is 13.1. The third-order valence-electron chi connectivity index (χ3n) is 5.45. The molecule has 8 nitrogen and oxygen atoms in total. The number of nitrogens with zero attached hydrogens (tertiary/aromatic N) is 1. The van der Waals surface area contributed by atoms with Gasteiger partial charge in [0.1, 0.15) is 23.0 Å². The lowest BCUT2D eigenvalue weighted by Gasteiger charge is -2.25. The summed E-state index contributed by atoms with van der Waals surface area (Å²) < 4.78 is 20.9. The van der Waals surface area contributed by atoms with Crippen LogP contribution in [0.4, 0.5) is 0 Å². The molecule has 0 saturated carbocycles. The van der Waals surface area contributed by atoms with Gasteiger partial charge in [-0.25, -0.2) is 0 Å². The highest BCUT2D eigenvalue weighted by atomic mass is 35.5. The molecule has 0 aliphatic carbocycles. The van der Waals surface area contributed by atoms with E-state index < -0.39 is 17.7 Å². The number of ketones is 1. The summed E-state index contributed by atoms with van der Waals surface area (Å²) in [5.41, 5.74) is 0.770. The van der Waals surface area contributed by atoms with Crippen molar-refractivity contribution in [1.82, 2.24) is 4.90 Å². The standard InChI is InChI=1S/C24H26ClNO7/c1-30-11-5-10-26-21(14-6-8-15(31-2)9-7-14)20(23(28)24(26)29)22(27)16-12-17(25)19(33-4)13-18(16)32-3/h6-9,12-13,21,27H,5,10-11H2,1-4H3/b22-20+. The number of Topliss-reactive ketones (excluding diaryl/α,β-unsaturated/α-hetero) is 1. The summed E-state index contributed by atoms with van der Waals surface area (Å²) in [6.07, 6.45) is 0.522. The number of likely N-dealkylation sites (tertiary alicyclic amines) is 1. The third kappa shape index (κ3) is 4.77. The number of carbonyl (C=O) groups excluding carboxylic acids is 2. The predicted molar refractivity (Wildman–Crippen MR) is 123 cm³/mol. The lowest BCUT2D eigenvalue weighted by Crippen LogP contribution is -2.31. The average molecular weight is 476 g/mol. The van der Waals surface area contributed by atoms with Crippen molar-refractivity contribution in [3.63, 3.8) is 0 Å². The van der Waals surface area contributed by atoms with Gasteiger partial charge in [0.05, 0.1) is 43.5 Å². The van der Waals surface area contributed by atoms with E-state index in [1.807, 2.05) is 0 Å². The second-order valence-electron chi connectivity index (χ2n) is 7.30. The minimum atomic E-state index is -0.807. The van der Waals surface area contributed by atoms with Crippen LogP contribution in [-0.2, 0) is 14.3 Å². The average Bonchev–Trinajstić information content (AvgIpc) is 3.08. The van der Waals surface area contributed by atoms with E-state index in [2.05, 4.69) is 0 Å². The van der Waals surface area contributed by atoms with E-state index in [9.17, 15) is 14.7 Å². The maximum Gasteiger partial charge on any atom is 0.295 e. The van der Waals surface area contributed by atoms with E-state index in [4.69, 9.17) is 30.5 Å². The van der Waals surface area contributed by atoms with E-state index >= 15 is 0 Å². The molecule has 176 valence electrons.